The van der Waals surface area contributed by atoms with Crippen LogP contribution in [-0.2, 0) is 0 Å². The lowest BCUT2D eigenvalue weighted by molar-refractivity contribution is 0.104. The van der Waals surface area contributed by atoms with Crippen molar-refractivity contribution in [1.82, 2.24) is 0 Å². The van der Waals surface area contributed by atoms with Crippen LogP contribution in [-0.4, -0.2) is 5.78 Å². The number of allylic oxidation sites excluding steroid dienone is 1. The molecule has 2 nitrogen and oxygen atoms in total. The molecule has 0 spiro atoms. The second-order valence-electron chi connectivity index (χ2n) is 3.71. The standard InChI is InChI=1S/C15H12INO/c16-13-6-8-14(9-7-13)17-11-10-15(18)12-4-2-1-3-5-12/h1-11,17H. The summed E-state index contributed by atoms with van der Waals surface area (Å²) in [7, 11) is 0. The summed E-state index contributed by atoms with van der Waals surface area (Å²) in [5.41, 5.74) is 1.66. The zero-order chi connectivity index (χ0) is 12.8. The molecule has 2 rings (SSSR count). The first-order valence-electron chi connectivity index (χ1n) is 5.54. The lowest BCUT2D eigenvalue weighted by Gasteiger charge is -2.00. The molecule has 0 aliphatic carbocycles. The fourth-order valence-corrected chi connectivity index (χ4v) is 1.82. The van der Waals surface area contributed by atoms with Gasteiger partial charge >= 0.3 is 0 Å². The highest BCUT2D eigenvalue weighted by atomic mass is 127. The average Bonchev–Trinajstić information content (AvgIpc) is 2.42. The van der Waals surface area contributed by atoms with Crippen molar-refractivity contribution in [2.24, 2.45) is 0 Å². The number of halogens is 1. The maximum atomic E-state index is 11.8. The highest BCUT2D eigenvalue weighted by Gasteiger charge is 1.98. The summed E-state index contributed by atoms with van der Waals surface area (Å²) in [5.74, 6) is -0.00592. The zero-order valence-electron chi connectivity index (χ0n) is 9.64. The molecular formula is C15H12INO. The number of hydrogen-bond donors (Lipinski definition) is 1. The Morgan fingerprint density at radius 3 is 2.33 bits per heavy atom. The second kappa shape index (κ2) is 6.35. The Morgan fingerprint density at radius 1 is 1.00 bits per heavy atom. The van der Waals surface area contributed by atoms with Crippen molar-refractivity contribution in [1.29, 1.82) is 0 Å². The van der Waals surface area contributed by atoms with E-state index in [1.807, 2.05) is 42.5 Å². The van der Waals surface area contributed by atoms with E-state index >= 15 is 0 Å². The number of hydrogen-bond acceptors (Lipinski definition) is 2. The molecule has 0 bridgehead atoms. The minimum absolute atomic E-state index is 0.00592. The number of anilines is 1. The van der Waals surface area contributed by atoms with Crippen LogP contribution in [0.5, 0.6) is 0 Å². The predicted molar refractivity (Wildman–Crippen MR) is 82.7 cm³/mol. The lowest BCUT2D eigenvalue weighted by Crippen LogP contribution is -1.95. The van der Waals surface area contributed by atoms with Crippen LogP contribution >= 0.6 is 22.6 Å². The summed E-state index contributed by atoms with van der Waals surface area (Å²) in [4.78, 5) is 11.8. The first-order valence-corrected chi connectivity index (χ1v) is 6.61. The van der Waals surface area contributed by atoms with Crippen molar-refractivity contribution < 1.29 is 4.79 Å². The normalized spacial score (nSPS) is 10.5. The number of ketones is 1. The van der Waals surface area contributed by atoms with Crippen molar-refractivity contribution in [2.45, 2.75) is 0 Å². The van der Waals surface area contributed by atoms with Crippen molar-refractivity contribution in [3.8, 4) is 0 Å². The van der Waals surface area contributed by atoms with Crippen LogP contribution < -0.4 is 5.32 Å². The maximum absolute atomic E-state index is 11.8. The van der Waals surface area contributed by atoms with Gasteiger partial charge in [-0.05, 0) is 46.9 Å². The predicted octanol–water partition coefficient (Wildman–Crippen LogP) is 4.10. The van der Waals surface area contributed by atoms with E-state index in [2.05, 4.69) is 27.9 Å². The van der Waals surface area contributed by atoms with Crippen LogP contribution in [0.15, 0.2) is 66.9 Å². The summed E-state index contributed by atoms with van der Waals surface area (Å²) in [5, 5.41) is 3.07. The van der Waals surface area contributed by atoms with Gasteiger partial charge in [-0.25, -0.2) is 0 Å². The molecule has 2 aromatic carbocycles. The summed E-state index contributed by atoms with van der Waals surface area (Å²) in [6.45, 7) is 0. The van der Waals surface area contributed by atoms with E-state index in [-0.39, 0.29) is 5.78 Å². The van der Waals surface area contributed by atoms with Gasteiger partial charge in [-0.15, -0.1) is 0 Å². The molecule has 3 heteroatoms. The molecule has 0 aromatic heterocycles. The third kappa shape index (κ3) is 3.70. The molecule has 0 aliphatic rings. The molecule has 2 aromatic rings. The molecule has 90 valence electrons. The molecule has 0 saturated heterocycles. The molecular weight excluding hydrogens is 337 g/mol. The van der Waals surface area contributed by atoms with E-state index in [1.54, 1.807) is 18.3 Å². The molecule has 0 unspecified atom stereocenters. The monoisotopic (exact) mass is 349 g/mol. The third-order valence-electron chi connectivity index (χ3n) is 2.39. The highest BCUT2D eigenvalue weighted by Crippen LogP contribution is 2.11. The van der Waals surface area contributed by atoms with Crippen molar-refractivity contribution in [3.05, 3.63) is 76.0 Å². The lowest BCUT2D eigenvalue weighted by atomic mass is 10.1. The number of benzene rings is 2. The molecule has 0 radical (unpaired) electrons. The van der Waals surface area contributed by atoms with E-state index in [0.29, 0.717) is 5.56 Å². The Balaban J connectivity index is 1.96. The van der Waals surface area contributed by atoms with Gasteiger partial charge in [-0.2, -0.15) is 0 Å². The molecule has 1 N–H and O–H groups in total. The van der Waals surface area contributed by atoms with Crippen LogP contribution in [0.25, 0.3) is 0 Å². The molecule has 0 heterocycles. The Labute approximate surface area is 120 Å². The van der Waals surface area contributed by atoms with E-state index in [1.165, 1.54) is 9.65 Å². The quantitative estimate of drug-likeness (QED) is 0.512. The average molecular weight is 349 g/mol. The number of rotatable bonds is 4. The zero-order valence-corrected chi connectivity index (χ0v) is 11.8. The van der Waals surface area contributed by atoms with Crippen molar-refractivity contribution in [3.63, 3.8) is 0 Å². The van der Waals surface area contributed by atoms with Gasteiger partial charge < -0.3 is 5.32 Å². The number of carbonyl (C=O) groups excluding carboxylic acids is 1. The first-order chi connectivity index (χ1) is 8.75. The van der Waals surface area contributed by atoms with E-state index in [0.717, 1.165) is 5.69 Å². The van der Waals surface area contributed by atoms with Gasteiger partial charge in [0.15, 0.2) is 5.78 Å². The maximum Gasteiger partial charge on any atom is 0.187 e. The highest BCUT2D eigenvalue weighted by molar-refractivity contribution is 14.1. The minimum atomic E-state index is -0.00592. The van der Waals surface area contributed by atoms with Gasteiger partial charge in [-0.1, -0.05) is 30.3 Å². The summed E-state index contributed by atoms with van der Waals surface area (Å²) in [6.07, 6.45) is 3.20. The topological polar surface area (TPSA) is 29.1 Å². The van der Waals surface area contributed by atoms with Gasteiger partial charge in [0.1, 0.15) is 0 Å². The van der Waals surface area contributed by atoms with E-state index < -0.39 is 0 Å². The first kappa shape index (κ1) is 12.8. The Kier molecular flexibility index (Phi) is 4.52. The molecule has 0 saturated carbocycles. The van der Waals surface area contributed by atoms with Gasteiger partial charge in [0.2, 0.25) is 0 Å². The largest absolute Gasteiger partial charge is 0.362 e. The smallest absolute Gasteiger partial charge is 0.187 e. The van der Waals surface area contributed by atoms with Gasteiger partial charge in [0.25, 0.3) is 0 Å². The fourth-order valence-electron chi connectivity index (χ4n) is 1.46. The van der Waals surface area contributed by atoms with Gasteiger partial charge in [0.05, 0.1) is 0 Å². The molecule has 0 amide bonds. The SMILES string of the molecule is O=C(C=CNc1ccc(I)cc1)c1ccccc1. The molecule has 0 fully saturated rings. The van der Waals surface area contributed by atoms with Crippen LogP contribution in [0.2, 0.25) is 0 Å². The van der Waals surface area contributed by atoms with Gasteiger partial charge in [-0.3, -0.25) is 4.79 Å². The number of carbonyl (C=O) groups is 1. The van der Waals surface area contributed by atoms with E-state index in [9.17, 15) is 4.79 Å². The Bertz CT molecular complexity index is 546. The summed E-state index contributed by atoms with van der Waals surface area (Å²) < 4.78 is 1.18. The van der Waals surface area contributed by atoms with Crippen molar-refractivity contribution in [2.75, 3.05) is 5.32 Å². The Hall–Kier alpha value is -1.62. The molecule has 0 atom stereocenters. The molecule has 0 aliphatic heterocycles. The third-order valence-corrected chi connectivity index (χ3v) is 3.11. The molecule has 18 heavy (non-hydrogen) atoms. The van der Waals surface area contributed by atoms with Crippen molar-refractivity contribution >= 4 is 34.1 Å². The van der Waals surface area contributed by atoms with Crippen LogP contribution in [0, 0.1) is 3.57 Å². The van der Waals surface area contributed by atoms with Crippen LogP contribution in [0.3, 0.4) is 0 Å². The van der Waals surface area contributed by atoms with Gasteiger partial charge in [0, 0.05) is 27.1 Å². The second-order valence-corrected chi connectivity index (χ2v) is 4.96. The van der Waals surface area contributed by atoms with Crippen LogP contribution in [0.1, 0.15) is 10.4 Å². The fraction of sp³-hybridized carbons (Fsp3) is 0. The summed E-state index contributed by atoms with van der Waals surface area (Å²) in [6, 6.07) is 17.2. The minimum Gasteiger partial charge on any atom is -0.362 e. The Morgan fingerprint density at radius 2 is 1.67 bits per heavy atom. The van der Waals surface area contributed by atoms with Crippen LogP contribution in [0.4, 0.5) is 5.69 Å². The summed E-state index contributed by atoms with van der Waals surface area (Å²) >= 11 is 2.25. The number of nitrogens with one attached hydrogen (secondary N) is 1. The van der Waals surface area contributed by atoms with E-state index in [4.69, 9.17) is 0 Å².